The van der Waals surface area contributed by atoms with Gasteiger partial charge in [0.15, 0.2) is 0 Å². The standard InChI is InChI=1S/C15H27N3S/c1-12(2)8-16-9-14-11-19-15(17-14)10-18-6-4-13(3)5-7-18/h11-13,16H,4-10H2,1-3H3. The molecule has 0 radical (unpaired) electrons. The van der Waals surface area contributed by atoms with Crippen LogP contribution in [0.3, 0.4) is 0 Å². The van der Waals surface area contributed by atoms with E-state index in [0.29, 0.717) is 5.92 Å². The number of thiazole rings is 1. The van der Waals surface area contributed by atoms with Crippen molar-refractivity contribution in [3.63, 3.8) is 0 Å². The molecule has 1 aromatic heterocycles. The highest BCUT2D eigenvalue weighted by Gasteiger charge is 2.16. The minimum atomic E-state index is 0.702. The molecule has 4 heteroatoms. The van der Waals surface area contributed by atoms with E-state index in [2.05, 4.69) is 36.4 Å². The molecule has 2 rings (SSSR count). The van der Waals surface area contributed by atoms with Crippen LogP contribution in [-0.4, -0.2) is 29.5 Å². The van der Waals surface area contributed by atoms with Gasteiger partial charge in [-0.1, -0.05) is 20.8 Å². The van der Waals surface area contributed by atoms with Gasteiger partial charge in [-0.25, -0.2) is 4.98 Å². The fourth-order valence-electron chi connectivity index (χ4n) is 2.40. The van der Waals surface area contributed by atoms with Gasteiger partial charge in [0.1, 0.15) is 5.01 Å². The van der Waals surface area contributed by atoms with Crippen LogP contribution < -0.4 is 5.32 Å². The van der Waals surface area contributed by atoms with Crippen molar-refractivity contribution < 1.29 is 0 Å². The van der Waals surface area contributed by atoms with Crippen LogP contribution in [0, 0.1) is 11.8 Å². The van der Waals surface area contributed by atoms with Gasteiger partial charge in [-0.2, -0.15) is 0 Å². The van der Waals surface area contributed by atoms with E-state index >= 15 is 0 Å². The summed E-state index contributed by atoms with van der Waals surface area (Å²) in [5, 5.41) is 6.93. The summed E-state index contributed by atoms with van der Waals surface area (Å²) in [7, 11) is 0. The van der Waals surface area contributed by atoms with Crippen molar-refractivity contribution in [3.8, 4) is 0 Å². The Morgan fingerprint density at radius 1 is 1.42 bits per heavy atom. The molecule has 1 saturated heterocycles. The summed E-state index contributed by atoms with van der Waals surface area (Å²) < 4.78 is 0. The molecule has 2 heterocycles. The van der Waals surface area contributed by atoms with Crippen LogP contribution >= 0.6 is 11.3 Å². The Kier molecular flexibility index (Phi) is 5.79. The quantitative estimate of drug-likeness (QED) is 0.868. The van der Waals surface area contributed by atoms with Crippen molar-refractivity contribution >= 4 is 11.3 Å². The maximum Gasteiger partial charge on any atom is 0.107 e. The van der Waals surface area contributed by atoms with Gasteiger partial charge < -0.3 is 5.32 Å². The summed E-state index contributed by atoms with van der Waals surface area (Å²) in [4.78, 5) is 7.28. The molecule has 1 N–H and O–H groups in total. The Balaban J connectivity index is 1.74. The number of rotatable bonds is 6. The second-order valence-electron chi connectivity index (χ2n) is 6.22. The first-order valence-corrected chi connectivity index (χ1v) is 8.38. The molecule has 0 aromatic carbocycles. The second kappa shape index (κ2) is 7.36. The molecule has 0 unspecified atom stereocenters. The smallest absolute Gasteiger partial charge is 0.107 e. The van der Waals surface area contributed by atoms with Crippen molar-refractivity contribution in [2.45, 2.75) is 46.7 Å². The first-order chi connectivity index (χ1) is 9.13. The number of hydrogen-bond acceptors (Lipinski definition) is 4. The van der Waals surface area contributed by atoms with Crippen molar-refractivity contribution in [3.05, 3.63) is 16.1 Å². The zero-order valence-corrected chi connectivity index (χ0v) is 13.3. The lowest BCUT2D eigenvalue weighted by Gasteiger charge is -2.29. The van der Waals surface area contributed by atoms with Gasteiger partial charge in [-0.3, -0.25) is 4.90 Å². The second-order valence-corrected chi connectivity index (χ2v) is 7.16. The third kappa shape index (κ3) is 5.21. The fourth-order valence-corrected chi connectivity index (χ4v) is 3.24. The summed E-state index contributed by atoms with van der Waals surface area (Å²) in [6.07, 6.45) is 2.68. The molecule has 108 valence electrons. The van der Waals surface area contributed by atoms with Gasteiger partial charge in [0.05, 0.1) is 12.2 Å². The van der Waals surface area contributed by atoms with E-state index < -0.39 is 0 Å². The number of piperidine rings is 1. The molecule has 1 aliphatic heterocycles. The predicted octanol–water partition coefficient (Wildman–Crippen LogP) is 3.12. The predicted molar refractivity (Wildman–Crippen MR) is 82.3 cm³/mol. The van der Waals surface area contributed by atoms with Gasteiger partial charge in [0.25, 0.3) is 0 Å². The number of likely N-dealkylation sites (tertiary alicyclic amines) is 1. The molecule has 0 atom stereocenters. The largest absolute Gasteiger partial charge is 0.311 e. The lowest BCUT2D eigenvalue weighted by atomic mass is 9.99. The van der Waals surface area contributed by atoms with Crippen molar-refractivity contribution in [1.29, 1.82) is 0 Å². The van der Waals surface area contributed by atoms with E-state index in [1.807, 2.05) is 11.3 Å². The highest BCUT2D eigenvalue weighted by molar-refractivity contribution is 7.09. The lowest BCUT2D eigenvalue weighted by molar-refractivity contribution is 0.185. The van der Waals surface area contributed by atoms with E-state index in [0.717, 1.165) is 25.6 Å². The van der Waals surface area contributed by atoms with Gasteiger partial charge in [0.2, 0.25) is 0 Å². The topological polar surface area (TPSA) is 28.2 Å². The third-order valence-corrected chi connectivity index (χ3v) is 4.58. The van der Waals surface area contributed by atoms with Crippen molar-refractivity contribution in [2.75, 3.05) is 19.6 Å². The molecule has 1 aromatic rings. The number of nitrogens with zero attached hydrogens (tertiary/aromatic N) is 2. The zero-order chi connectivity index (χ0) is 13.7. The van der Waals surface area contributed by atoms with Gasteiger partial charge in [-0.15, -0.1) is 11.3 Å². The Bertz CT molecular complexity index is 367. The number of hydrogen-bond donors (Lipinski definition) is 1. The first-order valence-electron chi connectivity index (χ1n) is 7.50. The van der Waals surface area contributed by atoms with Crippen LogP contribution in [0.1, 0.15) is 44.3 Å². The van der Waals surface area contributed by atoms with Gasteiger partial charge >= 0.3 is 0 Å². The van der Waals surface area contributed by atoms with Crippen molar-refractivity contribution in [1.82, 2.24) is 15.2 Å². The van der Waals surface area contributed by atoms with Crippen molar-refractivity contribution in [2.24, 2.45) is 11.8 Å². The van der Waals surface area contributed by atoms with Crippen LogP contribution in [0.5, 0.6) is 0 Å². The highest BCUT2D eigenvalue weighted by atomic mass is 32.1. The molecular formula is C15H27N3S. The van der Waals surface area contributed by atoms with Crippen LogP contribution in [-0.2, 0) is 13.1 Å². The minimum Gasteiger partial charge on any atom is -0.311 e. The van der Waals surface area contributed by atoms with Crippen LogP contribution in [0.2, 0.25) is 0 Å². The Morgan fingerprint density at radius 2 is 2.16 bits per heavy atom. The van der Waals surface area contributed by atoms with E-state index in [1.54, 1.807) is 0 Å². The maximum absolute atomic E-state index is 4.73. The van der Waals surface area contributed by atoms with Gasteiger partial charge in [0, 0.05) is 11.9 Å². The summed E-state index contributed by atoms with van der Waals surface area (Å²) >= 11 is 1.81. The highest BCUT2D eigenvalue weighted by Crippen LogP contribution is 2.19. The molecule has 1 fully saturated rings. The summed E-state index contributed by atoms with van der Waals surface area (Å²) in [5.41, 5.74) is 1.20. The Labute approximate surface area is 121 Å². The molecule has 0 bridgehead atoms. The molecule has 1 aliphatic rings. The van der Waals surface area contributed by atoms with E-state index in [9.17, 15) is 0 Å². The number of nitrogens with one attached hydrogen (secondary N) is 1. The first kappa shape index (κ1) is 14.9. The van der Waals surface area contributed by atoms with Crippen LogP contribution in [0.4, 0.5) is 0 Å². The minimum absolute atomic E-state index is 0.702. The average molecular weight is 281 g/mol. The maximum atomic E-state index is 4.73. The molecule has 19 heavy (non-hydrogen) atoms. The molecule has 3 nitrogen and oxygen atoms in total. The summed E-state index contributed by atoms with van der Waals surface area (Å²) in [6.45, 7) is 12.3. The summed E-state index contributed by atoms with van der Waals surface area (Å²) in [6, 6.07) is 0. The summed E-state index contributed by atoms with van der Waals surface area (Å²) in [5.74, 6) is 1.61. The van der Waals surface area contributed by atoms with Crippen LogP contribution in [0.15, 0.2) is 5.38 Å². The molecule has 0 saturated carbocycles. The average Bonchev–Trinajstić information content (AvgIpc) is 2.79. The third-order valence-electron chi connectivity index (χ3n) is 3.69. The Hall–Kier alpha value is -0.450. The van der Waals surface area contributed by atoms with Gasteiger partial charge in [-0.05, 0) is 44.3 Å². The number of aromatic nitrogens is 1. The fraction of sp³-hybridized carbons (Fsp3) is 0.800. The normalized spacial score (nSPS) is 18.3. The lowest BCUT2D eigenvalue weighted by Crippen LogP contribution is -2.32. The van der Waals surface area contributed by atoms with E-state index in [1.165, 1.54) is 36.6 Å². The molecule has 0 amide bonds. The molecule has 0 spiro atoms. The SMILES string of the molecule is CC(C)CNCc1csc(CN2CCC(C)CC2)n1. The molecular weight excluding hydrogens is 254 g/mol. The van der Waals surface area contributed by atoms with Crippen LogP contribution in [0.25, 0.3) is 0 Å². The van der Waals surface area contributed by atoms with E-state index in [4.69, 9.17) is 4.98 Å². The zero-order valence-electron chi connectivity index (χ0n) is 12.5. The van der Waals surface area contributed by atoms with E-state index in [-0.39, 0.29) is 0 Å². The Morgan fingerprint density at radius 3 is 2.84 bits per heavy atom. The monoisotopic (exact) mass is 281 g/mol. The molecule has 0 aliphatic carbocycles.